The Morgan fingerprint density at radius 2 is 2.25 bits per heavy atom. The molecular formula is C11H15NO4. The summed E-state index contributed by atoms with van der Waals surface area (Å²) in [5.41, 5.74) is -0.0814. The van der Waals surface area contributed by atoms with Crippen molar-refractivity contribution in [3.05, 3.63) is 11.6 Å². The van der Waals surface area contributed by atoms with Crippen LogP contribution in [0.5, 0.6) is 0 Å². The zero-order valence-electron chi connectivity index (χ0n) is 9.41. The number of imide groups is 1. The number of hydrogen-bond acceptors (Lipinski definition) is 4. The van der Waals surface area contributed by atoms with Crippen LogP contribution in [0.1, 0.15) is 26.7 Å². The third kappa shape index (κ3) is 2.92. The van der Waals surface area contributed by atoms with Crippen LogP contribution in [0.2, 0.25) is 0 Å². The second kappa shape index (κ2) is 5.44. The predicted octanol–water partition coefficient (Wildman–Crippen LogP) is 0.549. The summed E-state index contributed by atoms with van der Waals surface area (Å²) < 4.78 is 4.73. The van der Waals surface area contributed by atoms with E-state index in [4.69, 9.17) is 4.74 Å². The molecule has 1 aliphatic heterocycles. The van der Waals surface area contributed by atoms with E-state index in [1.165, 1.54) is 6.08 Å². The minimum Gasteiger partial charge on any atom is -0.462 e. The van der Waals surface area contributed by atoms with E-state index < -0.39 is 11.9 Å². The molecule has 1 aliphatic rings. The van der Waals surface area contributed by atoms with Gasteiger partial charge in [0.2, 0.25) is 5.91 Å². The number of ether oxygens (including phenoxy) is 1. The Kier molecular flexibility index (Phi) is 4.22. The van der Waals surface area contributed by atoms with Gasteiger partial charge >= 0.3 is 5.97 Å². The highest BCUT2D eigenvalue weighted by atomic mass is 16.5. The monoisotopic (exact) mass is 225 g/mol. The highest BCUT2D eigenvalue weighted by molar-refractivity contribution is 6.20. The molecule has 1 N–H and O–H groups in total. The summed E-state index contributed by atoms with van der Waals surface area (Å²) in [5, 5.41) is 2.17. The lowest BCUT2D eigenvalue weighted by Gasteiger charge is -2.14. The van der Waals surface area contributed by atoms with Gasteiger partial charge in [0.25, 0.3) is 5.91 Å². The maximum Gasteiger partial charge on any atom is 0.343 e. The molecule has 1 atom stereocenters. The molecule has 1 unspecified atom stereocenters. The largest absolute Gasteiger partial charge is 0.462 e. The summed E-state index contributed by atoms with van der Waals surface area (Å²) in [6.07, 6.45) is 2.66. The topological polar surface area (TPSA) is 72.5 Å². The van der Waals surface area contributed by atoms with Crippen molar-refractivity contribution in [2.45, 2.75) is 26.7 Å². The lowest BCUT2D eigenvalue weighted by Crippen LogP contribution is -2.38. The van der Waals surface area contributed by atoms with Crippen molar-refractivity contribution in [3.63, 3.8) is 0 Å². The van der Waals surface area contributed by atoms with E-state index in [0.29, 0.717) is 12.8 Å². The van der Waals surface area contributed by atoms with Gasteiger partial charge in [0.15, 0.2) is 0 Å². The highest BCUT2D eigenvalue weighted by Gasteiger charge is 2.25. The Hall–Kier alpha value is -1.65. The summed E-state index contributed by atoms with van der Waals surface area (Å²) in [5.74, 6) is -1.92. The van der Waals surface area contributed by atoms with Gasteiger partial charge in [-0.15, -0.1) is 0 Å². The average Bonchev–Trinajstić information content (AvgIpc) is 2.22. The summed E-state index contributed by atoms with van der Waals surface area (Å²) in [6, 6.07) is 0. The van der Waals surface area contributed by atoms with Crippen LogP contribution >= 0.6 is 0 Å². The first-order valence-electron chi connectivity index (χ1n) is 5.28. The first-order valence-corrected chi connectivity index (χ1v) is 5.28. The lowest BCUT2D eigenvalue weighted by molar-refractivity contribution is -0.140. The van der Waals surface area contributed by atoms with Crippen molar-refractivity contribution in [2.24, 2.45) is 5.92 Å². The Morgan fingerprint density at radius 1 is 1.56 bits per heavy atom. The van der Waals surface area contributed by atoms with Gasteiger partial charge in [-0.25, -0.2) is 4.79 Å². The minimum absolute atomic E-state index is 0.0814. The Morgan fingerprint density at radius 3 is 2.88 bits per heavy atom. The fourth-order valence-electron chi connectivity index (χ4n) is 1.39. The number of carbonyl (C=O) groups excluding carboxylic acids is 3. The molecule has 88 valence electrons. The number of nitrogens with one attached hydrogen (secondary N) is 1. The van der Waals surface area contributed by atoms with Gasteiger partial charge in [0, 0.05) is 5.92 Å². The maximum absolute atomic E-state index is 11.5. The quantitative estimate of drug-likeness (QED) is 0.423. The van der Waals surface area contributed by atoms with Crippen LogP contribution in [0.4, 0.5) is 0 Å². The number of carbonyl (C=O) groups is 3. The SMILES string of the molecule is CCOC(=O)C1=CCCC(C)C(=O)NC1=O. The average molecular weight is 225 g/mol. The van der Waals surface area contributed by atoms with E-state index >= 15 is 0 Å². The molecule has 0 spiro atoms. The first-order chi connectivity index (χ1) is 7.56. The van der Waals surface area contributed by atoms with Crippen molar-refractivity contribution in [1.29, 1.82) is 0 Å². The predicted molar refractivity (Wildman–Crippen MR) is 56.3 cm³/mol. The molecule has 0 fully saturated rings. The Bertz CT molecular complexity index is 346. The second-order valence-electron chi connectivity index (χ2n) is 3.64. The van der Waals surface area contributed by atoms with Crippen molar-refractivity contribution in [1.82, 2.24) is 5.32 Å². The number of allylic oxidation sites excluding steroid dienone is 1. The molecule has 0 radical (unpaired) electrons. The maximum atomic E-state index is 11.5. The van der Waals surface area contributed by atoms with Gasteiger partial charge in [-0.3, -0.25) is 14.9 Å². The molecule has 1 heterocycles. The molecule has 0 bridgehead atoms. The van der Waals surface area contributed by atoms with E-state index in [-0.39, 0.29) is 24.0 Å². The molecule has 16 heavy (non-hydrogen) atoms. The second-order valence-corrected chi connectivity index (χ2v) is 3.64. The highest BCUT2D eigenvalue weighted by Crippen LogP contribution is 2.12. The lowest BCUT2D eigenvalue weighted by atomic mass is 10.0. The summed E-state index contributed by atoms with van der Waals surface area (Å²) in [7, 11) is 0. The summed E-state index contributed by atoms with van der Waals surface area (Å²) in [6.45, 7) is 3.60. The van der Waals surface area contributed by atoms with Gasteiger partial charge in [0.1, 0.15) is 5.57 Å². The van der Waals surface area contributed by atoms with Crippen molar-refractivity contribution < 1.29 is 19.1 Å². The number of esters is 1. The third-order valence-corrected chi connectivity index (χ3v) is 2.37. The van der Waals surface area contributed by atoms with Crippen LogP contribution in [-0.2, 0) is 19.1 Å². The van der Waals surface area contributed by atoms with Gasteiger partial charge < -0.3 is 4.74 Å². The molecular weight excluding hydrogens is 210 g/mol. The van der Waals surface area contributed by atoms with Crippen LogP contribution in [0, 0.1) is 5.92 Å². The fraction of sp³-hybridized carbons (Fsp3) is 0.545. The molecule has 0 aromatic carbocycles. The van der Waals surface area contributed by atoms with Crippen molar-refractivity contribution in [3.8, 4) is 0 Å². The van der Waals surface area contributed by atoms with Gasteiger partial charge in [0.05, 0.1) is 6.61 Å². The standard InChI is InChI=1S/C11H15NO4/c1-3-16-11(15)8-6-4-5-7(2)9(13)12-10(8)14/h6-7H,3-5H2,1-2H3,(H,12,13,14). The molecule has 0 aromatic rings. The molecule has 5 heteroatoms. The molecule has 0 aromatic heterocycles. The molecule has 0 saturated heterocycles. The number of rotatable bonds is 2. The van der Waals surface area contributed by atoms with Gasteiger partial charge in [-0.2, -0.15) is 0 Å². The normalized spacial score (nSPS) is 21.6. The Balaban J connectivity index is 2.83. The molecule has 1 rings (SSSR count). The third-order valence-electron chi connectivity index (χ3n) is 2.37. The van der Waals surface area contributed by atoms with Crippen molar-refractivity contribution >= 4 is 17.8 Å². The van der Waals surface area contributed by atoms with Gasteiger partial charge in [-0.05, 0) is 19.8 Å². The zero-order valence-corrected chi connectivity index (χ0v) is 9.41. The van der Waals surface area contributed by atoms with E-state index in [2.05, 4.69) is 5.32 Å². The first kappa shape index (κ1) is 12.4. The number of amides is 2. The minimum atomic E-state index is -0.678. The van der Waals surface area contributed by atoms with E-state index in [1.807, 2.05) is 0 Å². The van der Waals surface area contributed by atoms with Crippen molar-refractivity contribution in [2.75, 3.05) is 6.61 Å². The summed E-state index contributed by atoms with van der Waals surface area (Å²) in [4.78, 5) is 34.3. The molecule has 0 aliphatic carbocycles. The van der Waals surface area contributed by atoms with Crippen LogP contribution in [0.25, 0.3) is 0 Å². The van der Waals surface area contributed by atoms with E-state index in [9.17, 15) is 14.4 Å². The van der Waals surface area contributed by atoms with E-state index in [1.54, 1.807) is 13.8 Å². The molecule has 0 saturated carbocycles. The van der Waals surface area contributed by atoms with Crippen LogP contribution < -0.4 is 5.32 Å². The van der Waals surface area contributed by atoms with Crippen LogP contribution in [0.3, 0.4) is 0 Å². The smallest absolute Gasteiger partial charge is 0.343 e. The van der Waals surface area contributed by atoms with Gasteiger partial charge in [-0.1, -0.05) is 13.0 Å². The summed E-state index contributed by atoms with van der Waals surface area (Å²) >= 11 is 0. The van der Waals surface area contributed by atoms with Crippen LogP contribution in [-0.4, -0.2) is 24.4 Å². The van der Waals surface area contributed by atoms with Crippen LogP contribution in [0.15, 0.2) is 11.6 Å². The molecule has 2 amide bonds. The zero-order chi connectivity index (χ0) is 12.1. The number of hydrogen-bond donors (Lipinski definition) is 1. The Labute approximate surface area is 93.8 Å². The van der Waals surface area contributed by atoms with E-state index in [0.717, 1.165) is 0 Å². The fourth-order valence-corrected chi connectivity index (χ4v) is 1.39. The molecule has 5 nitrogen and oxygen atoms in total.